The number of pyridine rings is 1. The summed E-state index contributed by atoms with van der Waals surface area (Å²) in [5, 5.41) is 3.31. The monoisotopic (exact) mass is 274 g/mol. The molecule has 0 aromatic carbocycles. The van der Waals surface area contributed by atoms with Crippen molar-refractivity contribution in [3.8, 4) is 0 Å². The lowest BCUT2D eigenvalue weighted by atomic mass is 9.96. The number of piperazine rings is 1. The molecule has 0 radical (unpaired) electrons. The molecule has 0 aliphatic carbocycles. The third kappa shape index (κ3) is 2.63. The van der Waals surface area contributed by atoms with Crippen molar-refractivity contribution in [3.63, 3.8) is 0 Å². The van der Waals surface area contributed by atoms with Crippen LogP contribution in [0.25, 0.3) is 0 Å². The first-order valence-electron chi connectivity index (χ1n) is 7.41. The minimum absolute atomic E-state index is 0.163. The second-order valence-corrected chi connectivity index (χ2v) is 5.74. The molecule has 2 saturated heterocycles. The van der Waals surface area contributed by atoms with E-state index in [0.717, 1.165) is 45.1 Å². The summed E-state index contributed by atoms with van der Waals surface area (Å²) in [7, 11) is 0. The summed E-state index contributed by atoms with van der Waals surface area (Å²) >= 11 is 0. The first-order chi connectivity index (χ1) is 9.75. The summed E-state index contributed by atoms with van der Waals surface area (Å²) in [6.07, 6.45) is 1.82. The molecule has 2 atom stereocenters. The van der Waals surface area contributed by atoms with Gasteiger partial charge >= 0.3 is 0 Å². The van der Waals surface area contributed by atoms with E-state index in [1.165, 1.54) is 0 Å². The molecule has 5 nitrogen and oxygen atoms in total. The Morgan fingerprint density at radius 1 is 1.25 bits per heavy atom. The molecule has 1 N–H and O–H groups in total. The zero-order valence-electron chi connectivity index (χ0n) is 12.0. The van der Waals surface area contributed by atoms with Crippen molar-refractivity contribution in [2.75, 3.05) is 44.2 Å². The fourth-order valence-corrected chi connectivity index (χ4v) is 3.07. The Labute approximate surface area is 120 Å². The maximum Gasteiger partial charge on any atom is 0.227 e. The van der Waals surface area contributed by atoms with E-state index in [2.05, 4.69) is 22.1 Å². The van der Waals surface area contributed by atoms with Crippen molar-refractivity contribution in [2.45, 2.75) is 6.92 Å². The van der Waals surface area contributed by atoms with Gasteiger partial charge in [0.1, 0.15) is 5.82 Å². The van der Waals surface area contributed by atoms with Crippen LogP contribution in [0.5, 0.6) is 0 Å². The number of rotatable bonds is 2. The predicted molar refractivity (Wildman–Crippen MR) is 78.6 cm³/mol. The highest BCUT2D eigenvalue weighted by Gasteiger charge is 2.34. The molecule has 3 rings (SSSR count). The minimum Gasteiger partial charge on any atom is -0.353 e. The molecule has 1 aromatic heterocycles. The van der Waals surface area contributed by atoms with Gasteiger partial charge in [-0.1, -0.05) is 13.0 Å². The number of nitrogens with one attached hydrogen (secondary N) is 1. The third-order valence-electron chi connectivity index (χ3n) is 4.40. The zero-order chi connectivity index (χ0) is 13.9. The Morgan fingerprint density at radius 2 is 2.05 bits per heavy atom. The second-order valence-electron chi connectivity index (χ2n) is 5.74. The second kappa shape index (κ2) is 5.79. The summed E-state index contributed by atoms with van der Waals surface area (Å²) in [6, 6.07) is 5.96. The summed E-state index contributed by atoms with van der Waals surface area (Å²) in [5.41, 5.74) is 0. The standard InChI is InChI=1S/C15H22N4O/c1-12-10-16-11-13(12)15(20)19-8-6-18(7-9-19)14-4-2-3-5-17-14/h2-5,12-13,16H,6-11H2,1H3/t12-,13-/m1/s1. The van der Waals surface area contributed by atoms with E-state index in [9.17, 15) is 4.79 Å². The van der Waals surface area contributed by atoms with Crippen LogP contribution in [-0.4, -0.2) is 55.1 Å². The van der Waals surface area contributed by atoms with Crippen molar-refractivity contribution in [2.24, 2.45) is 11.8 Å². The molecule has 108 valence electrons. The van der Waals surface area contributed by atoms with Crippen LogP contribution in [0.4, 0.5) is 5.82 Å². The maximum absolute atomic E-state index is 12.5. The Bertz CT molecular complexity index is 456. The van der Waals surface area contributed by atoms with Crippen LogP contribution in [-0.2, 0) is 4.79 Å². The molecular formula is C15H22N4O. The number of hydrogen-bond acceptors (Lipinski definition) is 4. The fourth-order valence-electron chi connectivity index (χ4n) is 3.07. The summed E-state index contributed by atoms with van der Waals surface area (Å²) in [4.78, 5) is 21.2. The number of nitrogens with zero attached hydrogens (tertiary/aromatic N) is 3. The molecular weight excluding hydrogens is 252 g/mol. The molecule has 1 aromatic rings. The first-order valence-corrected chi connectivity index (χ1v) is 7.41. The normalized spacial score (nSPS) is 26.9. The Kier molecular flexibility index (Phi) is 3.87. The lowest BCUT2D eigenvalue weighted by Crippen LogP contribution is -2.51. The van der Waals surface area contributed by atoms with Crippen LogP contribution in [0.1, 0.15) is 6.92 Å². The highest BCUT2D eigenvalue weighted by atomic mass is 16.2. The molecule has 2 fully saturated rings. The van der Waals surface area contributed by atoms with Crippen molar-refractivity contribution in [1.29, 1.82) is 0 Å². The van der Waals surface area contributed by atoms with Crippen LogP contribution in [0.3, 0.4) is 0 Å². The third-order valence-corrected chi connectivity index (χ3v) is 4.40. The van der Waals surface area contributed by atoms with Gasteiger partial charge in [0, 0.05) is 38.9 Å². The Hall–Kier alpha value is -1.62. The van der Waals surface area contributed by atoms with Crippen molar-refractivity contribution in [1.82, 2.24) is 15.2 Å². The highest BCUT2D eigenvalue weighted by Crippen LogP contribution is 2.20. The molecule has 5 heteroatoms. The summed E-state index contributed by atoms with van der Waals surface area (Å²) in [6.45, 7) is 7.31. The average molecular weight is 274 g/mol. The van der Waals surface area contributed by atoms with E-state index in [-0.39, 0.29) is 5.92 Å². The smallest absolute Gasteiger partial charge is 0.227 e. The average Bonchev–Trinajstić information content (AvgIpc) is 2.94. The molecule has 0 spiro atoms. The number of carbonyl (C=O) groups excluding carboxylic acids is 1. The largest absolute Gasteiger partial charge is 0.353 e. The SMILES string of the molecule is C[C@@H]1CNC[C@H]1C(=O)N1CCN(c2ccccn2)CC1. The minimum atomic E-state index is 0.163. The van der Waals surface area contributed by atoms with Gasteiger partial charge in [0.05, 0.1) is 5.92 Å². The van der Waals surface area contributed by atoms with Gasteiger partial charge in [-0.05, 0) is 24.6 Å². The number of aromatic nitrogens is 1. The van der Waals surface area contributed by atoms with Crippen LogP contribution in [0, 0.1) is 11.8 Å². The van der Waals surface area contributed by atoms with E-state index in [1.54, 1.807) is 0 Å². The van der Waals surface area contributed by atoms with Gasteiger partial charge in [-0.15, -0.1) is 0 Å². The van der Waals surface area contributed by atoms with E-state index in [1.807, 2.05) is 29.3 Å². The number of anilines is 1. The summed E-state index contributed by atoms with van der Waals surface area (Å²) in [5.74, 6) is 1.95. The molecule has 0 bridgehead atoms. The van der Waals surface area contributed by atoms with E-state index < -0.39 is 0 Å². The predicted octanol–water partition coefficient (Wildman–Crippen LogP) is 0.586. The maximum atomic E-state index is 12.5. The Morgan fingerprint density at radius 3 is 2.65 bits per heavy atom. The van der Waals surface area contributed by atoms with E-state index in [0.29, 0.717) is 11.8 Å². The van der Waals surface area contributed by atoms with Gasteiger partial charge in [-0.2, -0.15) is 0 Å². The molecule has 0 unspecified atom stereocenters. The van der Waals surface area contributed by atoms with Crippen LogP contribution in [0.2, 0.25) is 0 Å². The van der Waals surface area contributed by atoms with Gasteiger partial charge in [-0.3, -0.25) is 4.79 Å². The van der Waals surface area contributed by atoms with Crippen LogP contribution < -0.4 is 10.2 Å². The fraction of sp³-hybridized carbons (Fsp3) is 0.600. The number of amides is 1. The summed E-state index contributed by atoms with van der Waals surface area (Å²) < 4.78 is 0. The lowest BCUT2D eigenvalue weighted by molar-refractivity contribution is -0.136. The van der Waals surface area contributed by atoms with Crippen LogP contribution >= 0.6 is 0 Å². The number of hydrogen-bond donors (Lipinski definition) is 1. The van der Waals surface area contributed by atoms with Gasteiger partial charge in [0.25, 0.3) is 0 Å². The molecule has 20 heavy (non-hydrogen) atoms. The van der Waals surface area contributed by atoms with Gasteiger partial charge in [-0.25, -0.2) is 4.98 Å². The quantitative estimate of drug-likeness (QED) is 0.857. The van der Waals surface area contributed by atoms with Crippen molar-refractivity contribution in [3.05, 3.63) is 24.4 Å². The molecule has 1 amide bonds. The van der Waals surface area contributed by atoms with Crippen molar-refractivity contribution >= 4 is 11.7 Å². The first kappa shape index (κ1) is 13.4. The molecule has 3 heterocycles. The molecule has 0 saturated carbocycles. The molecule has 2 aliphatic rings. The topological polar surface area (TPSA) is 48.5 Å². The van der Waals surface area contributed by atoms with Gasteiger partial charge < -0.3 is 15.1 Å². The Balaban J connectivity index is 1.57. The van der Waals surface area contributed by atoms with Crippen LogP contribution in [0.15, 0.2) is 24.4 Å². The lowest BCUT2D eigenvalue weighted by Gasteiger charge is -2.37. The van der Waals surface area contributed by atoms with E-state index >= 15 is 0 Å². The molecule has 2 aliphatic heterocycles. The highest BCUT2D eigenvalue weighted by molar-refractivity contribution is 5.80. The van der Waals surface area contributed by atoms with Gasteiger partial charge in [0.15, 0.2) is 0 Å². The van der Waals surface area contributed by atoms with Crippen molar-refractivity contribution < 1.29 is 4.79 Å². The number of carbonyl (C=O) groups is 1. The zero-order valence-corrected chi connectivity index (χ0v) is 12.0. The van der Waals surface area contributed by atoms with Gasteiger partial charge in [0.2, 0.25) is 5.91 Å². The van der Waals surface area contributed by atoms with E-state index in [4.69, 9.17) is 0 Å².